The van der Waals surface area contributed by atoms with Crippen LogP contribution in [0.25, 0.3) is 0 Å². The van der Waals surface area contributed by atoms with Gasteiger partial charge in [-0.2, -0.15) is 13.2 Å². The maximum Gasteiger partial charge on any atom is 0.430 e. The zero-order valence-corrected chi connectivity index (χ0v) is 10.8. The van der Waals surface area contributed by atoms with E-state index in [-0.39, 0.29) is 0 Å². The minimum Gasteiger partial charge on any atom is -0.542 e. The molecule has 0 aliphatic carbocycles. The summed E-state index contributed by atoms with van der Waals surface area (Å²) in [5, 5.41) is 8.78. The molecule has 1 fully saturated rings. The van der Waals surface area contributed by atoms with Crippen molar-refractivity contribution in [3.05, 3.63) is 0 Å². The van der Waals surface area contributed by atoms with E-state index in [9.17, 15) is 13.2 Å². The van der Waals surface area contributed by atoms with E-state index in [1.165, 1.54) is 58.2 Å². The number of alkyl halides is 3. The molecule has 1 rings (SSSR count). The number of halogens is 3. The molecule has 0 unspecified atom stereocenters. The first-order valence-electron chi connectivity index (χ1n) is 6.49. The van der Waals surface area contributed by atoms with Crippen molar-refractivity contribution in [3.63, 3.8) is 0 Å². The minimum absolute atomic E-state index is 1.37. The second kappa shape index (κ2) is 9.19. The van der Waals surface area contributed by atoms with Gasteiger partial charge < -0.3 is 14.8 Å². The van der Waals surface area contributed by atoms with Gasteiger partial charge in [-0.3, -0.25) is 0 Å². The summed E-state index contributed by atoms with van der Waals surface area (Å²) >= 11 is 0. The molecule has 108 valence electrons. The Morgan fingerprint density at radius 3 is 2.06 bits per heavy atom. The molecule has 3 nitrogen and oxygen atoms in total. The van der Waals surface area contributed by atoms with Crippen molar-refractivity contribution < 1.29 is 28.0 Å². The lowest BCUT2D eigenvalue weighted by molar-refractivity contribution is -0.887. The average Bonchev–Trinajstić information content (AvgIpc) is 2.77. The van der Waals surface area contributed by atoms with Gasteiger partial charge in [0, 0.05) is 12.8 Å². The van der Waals surface area contributed by atoms with Gasteiger partial charge in [-0.15, -0.1) is 0 Å². The number of aliphatic carboxylic acids is 1. The Morgan fingerprint density at radius 2 is 1.67 bits per heavy atom. The van der Waals surface area contributed by atoms with Crippen LogP contribution in [0.3, 0.4) is 0 Å². The normalized spacial score (nSPS) is 16.2. The molecular formula is C12H22F3NO2. The molecule has 1 heterocycles. The standard InChI is InChI=1S/C10H21N.C2HF3O2/c1-2-3-4-5-8-11-9-6-7-10-11;3-2(4,5)1(6)7/h2-10H2,1H3;(H,6,7). The third-order valence-electron chi connectivity index (χ3n) is 2.93. The number of nitrogens with one attached hydrogen (secondary N) is 1. The quantitative estimate of drug-likeness (QED) is 0.741. The highest BCUT2D eigenvalue weighted by molar-refractivity contribution is 5.70. The molecule has 0 spiro atoms. The van der Waals surface area contributed by atoms with Crippen molar-refractivity contribution in [2.45, 2.75) is 51.6 Å². The summed E-state index contributed by atoms with van der Waals surface area (Å²) in [7, 11) is 0. The number of unbranched alkanes of at least 4 members (excludes halogenated alkanes) is 3. The zero-order chi connectivity index (χ0) is 14.0. The number of quaternary nitrogens is 1. The highest BCUT2D eigenvalue weighted by atomic mass is 19.4. The van der Waals surface area contributed by atoms with E-state index in [0.717, 1.165) is 0 Å². The lowest BCUT2D eigenvalue weighted by atomic mass is 10.2. The van der Waals surface area contributed by atoms with Gasteiger partial charge in [-0.25, -0.2) is 0 Å². The van der Waals surface area contributed by atoms with E-state index in [4.69, 9.17) is 9.90 Å². The molecule has 0 aromatic carbocycles. The van der Waals surface area contributed by atoms with Gasteiger partial charge in [0.2, 0.25) is 0 Å². The number of carboxylic acids is 1. The van der Waals surface area contributed by atoms with Gasteiger partial charge in [-0.1, -0.05) is 19.8 Å². The van der Waals surface area contributed by atoms with Crippen molar-refractivity contribution in [2.24, 2.45) is 0 Å². The fourth-order valence-electron chi connectivity index (χ4n) is 1.93. The molecular weight excluding hydrogens is 247 g/mol. The van der Waals surface area contributed by atoms with Crippen LogP contribution in [-0.4, -0.2) is 31.8 Å². The molecule has 0 radical (unpaired) electrons. The van der Waals surface area contributed by atoms with Crippen molar-refractivity contribution in [2.75, 3.05) is 19.6 Å². The van der Waals surface area contributed by atoms with Crippen LogP contribution in [0.4, 0.5) is 13.2 Å². The molecule has 1 aliphatic rings. The van der Waals surface area contributed by atoms with Gasteiger partial charge in [0.05, 0.1) is 19.6 Å². The summed E-state index contributed by atoms with van der Waals surface area (Å²) in [5.41, 5.74) is 0. The van der Waals surface area contributed by atoms with E-state index < -0.39 is 12.1 Å². The number of likely N-dealkylation sites (tertiary alicyclic amines) is 1. The molecule has 1 aliphatic heterocycles. The Morgan fingerprint density at radius 1 is 1.17 bits per heavy atom. The number of hydrogen-bond acceptors (Lipinski definition) is 2. The number of rotatable bonds is 5. The Bertz CT molecular complexity index is 226. The van der Waals surface area contributed by atoms with Crippen molar-refractivity contribution in [1.82, 2.24) is 0 Å². The Hall–Kier alpha value is -0.780. The average molecular weight is 269 g/mol. The molecule has 6 heteroatoms. The summed E-state index contributed by atoms with van der Waals surface area (Å²) in [5.74, 6) is -3.01. The number of carbonyl (C=O) groups is 1. The summed E-state index contributed by atoms with van der Waals surface area (Å²) in [4.78, 5) is 10.6. The zero-order valence-electron chi connectivity index (χ0n) is 10.8. The first kappa shape index (κ1) is 17.2. The van der Waals surface area contributed by atoms with E-state index >= 15 is 0 Å². The largest absolute Gasteiger partial charge is 0.542 e. The van der Waals surface area contributed by atoms with Gasteiger partial charge in [0.25, 0.3) is 0 Å². The van der Waals surface area contributed by atoms with E-state index in [1.54, 1.807) is 0 Å². The summed E-state index contributed by atoms with van der Waals surface area (Å²) in [6, 6.07) is 0. The van der Waals surface area contributed by atoms with Gasteiger partial charge in [-0.05, 0) is 12.8 Å². The summed E-state index contributed by atoms with van der Waals surface area (Å²) in [6.45, 7) is 6.63. The van der Waals surface area contributed by atoms with Crippen molar-refractivity contribution >= 4 is 5.97 Å². The maximum atomic E-state index is 10.5. The van der Waals surface area contributed by atoms with Crippen LogP contribution < -0.4 is 10.0 Å². The maximum absolute atomic E-state index is 10.5. The number of hydrogen-bond donors (Lipinski definition) is 1. The molecule has 0 aromatic heterocycles. The van der Waals surface area contributed by atoms with Crippen molar-refractivity contribution in [3.8, 4) is 0 Å². The SMILES string of the molecule is CCCCCC[NH+]1CCCC1.O=C([O-])C(F)(F)F. The van der Waals surface area contributed by atoms with E-state index in [0.29, 0.717) is 0 Å². The first-order chi connectivity index (χ1) is 8.38. The predicted molar refractivity (Wildman–Crippen MR) is 60.0 cm³/mol. The summed E-state index contributed by atoms with van der Waals surface area (Å²) in [6.07, 6.45) is 3.48. The van der Waals surface area contributed by atoms with Crippen LogP contribution in [0.1, 0.15) is 45.4 Å². The topological polar surface area (TPSA) is 44.6 Å². The van der Waals surface area contributed by atoms with Gasteiger partial charge in [0.1, 0.15) is 5.97 Å². The first-order valence-corrected chi connectivity index (χ1v) is 6.49. The number of carboxylic acid groups (broad SMARTS) is 1. The Kier molecular flexibility index (Phi) is 8.79. The smallest absolute Gasteiger partial charge is 0.430 e. The molecule has 1 N–H and O–H groups in total. The monoisotopic (exact) mass is 269 g/mol. The number of carbonyl (C=O) groups excluding carboxylic acids is 1. The molecule has 0 atom stereocenters. The Balaban J connectivity index is 0.000000360. The predicted octanol–water partition coefficient (Wildman–Crippen LogP) is 0.544. The van der Waals surface area contributed by atoms with Crippen LogP contribution in [0, 0.1) is 0 Å². The third-order valence-corrected chi connectivity index (χ3v) is 2.93. The lowest BCUT2D eigenvalue weighted by Gasteiger charge is -2.10. The lowest BCUT2D eigenvalue weighted by Crippen LogP contribution is -3.09. The Labute approximate surface area is 106 Å². The second-order valence-corrected chi connectivity index (χ2v) is 4.55. The molecule has 0 aromatic rings. The molecule has 18 heavy (non-hydrogen) atoms. The van der Waals surface area contributed by atoms with Gasteiger partial charge in [0.15, 0.2) is 0 Å². The second-order valence-electron chi connectivity index (χ2n) is 4.55. The van der Waals surface area contributed by atoms with Gasteiger partial charge >= 0.3 is 6.18 Å². The molecule has 0 bridgehead atoms. The molecule has 0 amide bonds. The fraction of sp³-hybridized carbons (Fsp3) is 0.917. The van der Waals surface area contributed by atoms with Crippen LogP contribution >= 0.6 is 0 Å². The van der Waals surface area contributed by atoms with Crippen LogP contribution in [0.5, 0.6) is 0 Å². The fourth-order valence-corrected chi connectivity index (χ4v) is 1.93. The third kappa shape index (κ3) is 9.27. The molecule has 1 saturated heterocycles. The van der Waals surface area contributed by atoms with Crippen LogP contribution in [-0.2, 0) is 4.79 Å². The van der Waals surface area contributed by atoms with E-state index in [1.807, 2.05) is 4.90 Å². The van der Waals surface area contributed by atoms with Crippen LogP contribution in [0.15, 0.2) is 0 Å². The highest BCUT2D eigenvalue weighted by Crippen LogP contribution is 2.11. The highest BCUT2D eigenvalue weighted by Gasteiger charge is 2.28. The van der Waals surface area contributed by atoms with Crippen molar-refractivity contribution in [1.29, 1.82) is 0 Å². The minimum atomic E-state index is -5.19. The summed E-state index contributed by atoms with van der Waals surface area (Å²) < 4.78 is 31.5. The molecule has 0 saturated carbocycles. The van der Waals surface area contributed by atoms with Crippen LogP contribution in [0.2, 0.25) is 0 Å². The van der Waals surface area contributed by atoms with E-state index in [2.05, 4.69) is 6.92 Å².